The Morgan fingerprint density at radius 3 is 2.70 bits per heavy atom. The van der Waals surface area contributed by atoms with Crippen LogP contribution in [0.25, 0.3) is 0 Å². The molecule has 0 aliphatic carbocycles. The largest absolute Gasteiger partial charge is 0.370 e. The lowest BCUT2D eigenvalue weighted by Gasteiger charge is -2.30. The van der Waals surface area contributed by atoms with Crippen LogP contribution in [-0.4, -0.2) is 38.8 Å². The van der Waals surface area contributed by atoms with E-state index < -0.39 is 6.10 Å². The van der Waals surface area contributed by atoms with Gasteiger partial charge in [0.25, 0.3) is 5.91 Å². The molecule has 20 heavy (non-hydrogen) atoms. The van der Waals surface area contributed by atoms with E-state index in [1.165, 1.54) is 26.4 Å². The van der Waals surface area contributed by atoms with Crippen LogP contribution in [0.5, 0.6) is 0 Å². The Hall–Kier alpha value is -1.59. The van der Waals surface area contributed by atoms with E-state index in [0.29, 0.717) is 0 Å². The quantitative estimate of drug-likeness (QED) is 0.857. The van der Waals surface area contributed by atoms with E-state index in [-0.39, 0.29) is 12.5 Å². The third-order valence-electron chi connectivity index (χ3n) is 3.65. The fraction of sp³-hybridized carbons (Fsp3) is 0.533. The minimum atomic E-state index is -0.607. The van der Waals surface area contributed by atoms with Gasteiger partial charge in [-0.05, 0) is 31.4 Å². The van der Waals surface area contributed by atoms with Crippen LogP contribution in [0, 0.1) is 0 Å². The van der Waals surface area contributed by atoms with Crippen molar-refractivity contribution in [3.05, 3.63) is 24.3 Å². The number of nitrogens with two attached hydrogens (primary N) is 1. The van der Waals surface area contributed by atoms with Crippen LogP contribution in [0.15, 0.2) is 24.3 Å². The van der Waals surface area contributed by atoms with Gasteiger partial charge < -0.3 is 20.7 Å². The molecule has 110 valence electrons. The van der Waals surface area contributed by atoms with Crippen LogP contribution >= 0.6 is 0 Å². The molecule has 1 aromatic rings. The van der Waals surface area contributed by atoms with Gasteiger partial charge in [-0.15, -0.1) is 0 Å². The number of benzene rings is 1. The number of rotatable bonds is 5. The topological polar surface area (TPSA) is 67.6 Å². The maximum absolute atomic E-state index is 12.1. The minimum absolute atomic E-state index is 0.175. The molecule has 1 aliphatic rings. The standard InChI is InChI=1S/C15H23N3O2/c1-20-14(11-16)15(19)17-12-7-3-4-8-13(12)18-9-5-2-6-10-18/h3-4,7-8,14H,2,5-6,9-11,16H2,1H3,(H,17,19). The number of carbonyl (C=O) groups is 1. The van der Waals surface area contributed by atoms with E-state index in [1.807, 2.05) is 24.3 Å². The van der Waals surface area contributed by atoms with E-state index in [0.717, 1.165) is 24.5 Å². The molecule has 2 rings (SSSR count). The van der Waals surface area contributed by atoms with Crippen LogP contribution in [-0.2, 0) is 9.53 Å². The summed E-state index contributed by atoms with van der Waals surface area (Å²) in [5, 5.41) is 2.92. The Morgan fingerprint density at radius 2 is 2.05 bits per heavy atom. The predicted molar refractivity (Wildman–Crippen MR) is 81.0 cm³/mol. The summed E-state index contributed by atoms with van der Waals surface area (Å²) in [6.45, 7) is 2.25. The number of methoxy groups -OCH3 is 1. The molecular weight excluding hydrogens is 254 g/mol. The molecule has 0 aromatic heterocycles. The van der Waals surface area contributed by atoms with Crippen molar-refractivity contribution < 1.29 is 9.53 Å². The van der Waals surface area contributed by atoms with Crippen LogP contribution < -0.4 is 16.0 Å². The summed E-state index contributed by atoms with van der Waals surface area (Å²) < 4.78 is 5.07. The second kappa shape index (κ2) is 7.26. The van der Waals surface area contributed by atoms with Crippen molar-refractivity contribution in [2.75, 3.05) is 37.0 Å². The summed E-state index contributed by atoms with van der Waals surface area (Å²) in [5.74, 6) is -0.195. The number of hydrogen-bond donors (Lipinski definition) is 2. The third-order valence-corrected chi connectivity index (χ3v) is 3.65. The number of ether oxygens (including phenoxy) is 1. The van der Waals surface area contributed by atoms with Crippen molar-refractivity contribution in [2.45, 2.75) is 25.4 Å². The molecule has 5 nitrogen and oxygen atoms in total. The number of nitrogens with one attached hydrogen (secondary N) is 1. The SMILES string of the molecule is COC(CN)C(=O)Nc1ccccc1N1CCCCC1. The van der Waals surface area contributed by atoms with Gasteiger partial charge in [0, 0.05) is 26.7 Å². The summed E-state index contributed by atoms with van der Waals surface area (Å²) in [5.41, 5.74) is 7.43. The average molecular weight is 277 g/mol. The van der Waals surface area contributed by atoms with Crippen molar-refractivity contribution in [3.63, 3.8) is 0 Å². The second-order valence-electron chi connectivity index (χ2n) is 5.01. The first-order valence-electron chi connectivity index (χ1n) is 7.14. The van der Waals surface area contributed by atoms with Crippen molar-refractivity contribution in [1.29, 1.82) is 0 Å². The van der Waals surface area contributed by atoms with Gasteiger partial charge in [-0.2, -0.15) is 0 Å². The van der Waals surface area contributed by atoms with Crippen LogP contribution in [0.4, 0.5) is 11.4 Å². The summed E-state index contributed by atoms with van der Waals surface area (Å²) in [7, 11) is 1.49. The van der Waals surface area contributed by atoms with Crippen LogP contribution in [0.3, 0.4) is 0 Å². The molecule has 1 unspecified atom stereocenters. The van der Waals surface area contributed by atoms with Gasteiger partial charge >= 0.3 is 0 Å². The fourth-order valence-electron chi connectivity index (χ4n) is 2.51. The molecule has 1 fully saturated rings. The van der Waals surface area contributed by atoms with Gasteiger partial charge in [0.05, 0.1) is 11.4 Å². The van der Waals surface area contributed by atoms with E-state index in [2.05, 4.69) is 10.2 Å². The Labute approximate surface area is 120 Å². The number of anilines is 2. The average Bonchev–Trinajstić information content (AvgIpc) is 2.50. The maximum atomic E-state index is 12.1. The van der Waals surface area contributed by atoms with Crippen molar-refractivity contribution in [1.82, 2.24) is 0 Å². The number of carbonyl (C=O) groups excluding carboxylic acids is 1. The molecule has 1 saturated heterocycles. The molecule has 0 spiro atoms. The Morgan fingerprint density at radius 1 is 1.35 bits per heavy atom. The Kier molecular flexibility index (Phi) is 5.38. The van der Waals surface area contributed by atoms with Gasteiger partial charge in [0.1, 0.15) is 6.10 Å². The highest BCUT2D eigenvalue weighted by molar-refractivity contribution is 5.97. The molecule has 1 atom stereocenters. The molecular formula is C15H23N3O2. The Balaban J connectivity index is 2.13. The minimum Gasteiger partial charge on any atom is -0.370 e. The monoisotopic (exact) mass is 277 g/mol. The molecule has 0 radical (unpaired) electrons. The number of hydrogen-bond acceptors (Lipinski definition) is 4. The van der Waals surface area contributed by atoms with Crippen molar-refractivity contribution >= 4 is 17.3 Å². The lowest BCUT2D eigenvalue weighted by Crippen LogP contribution is -2.37. The number of amides is 1. The summed E-state index contributed by atoms with van der Waals surface area (Å²) in [4.78, 5) is 14.4. The van der Waals surface area contributed by atoms with Crippen molar-refractivity contribution in [3.8, 4) is 0 Å². The summed E-state index contributed by atoms with van der Waals surface area (Å²) in [6.07, 6.45) is 3.08. The second-order valence-corrected chi connectivity index (χ2v) is 5.01. The molecule has 1 aromatic carbocycles. The smallest absolute Gasteiger partial charge is 0.254 e. The van der Waals surface area contributed by atoms with Gasteiger partial charge in [0.15, 0.2) is 0 Å². The van der Waals surface area contributed by atoms with Gasteiger partial charge in [-0.25, -0.2) is 0 Å². The number of para-hydroxylation sites is 2. The highest BCUT2D eigenvalue weighted by Crippen LogP contribution is 2.28. The fourth-order valence-corrected chi connectivity index (χ4v) is 2.51. The molecule has 0 saturated carbocycles. The van der Waals surface area contributed by atoms with E-state index in [1.54, 1.807) is 0 Å². The third kappa shape index (κ3) is 3.49. The first kappa shape index (κ1) is 14.8. The van der Waals surface area contributed by atoms with Crippen molar-refractivity contribution in [2.24, 2.45) is 5.73 Å². The predicted octanol–water partition coefficient (Wildman–Crippen LogP) is 1.59. The zero-order valence-corrected chi connectivity index (χ0v) is 12.0. The molecule has 0 bridgehead atoms. The summed E-state index contributed by atoms with van der Waals surface area (Å²) in [6, 6.07) is 7.89. The van der Waals surface area contributed by atoms with Crippen LogP contribution in [0.2, 0.25) is 0 Å². The molecule has 5 heteroatoms. The highest BCUT2D eigenvalue weighted by Gasteiger charge is 2.19. The first-order valence-corrected chi connectivity index (χ1v) is 7.14. The van der Waals surface area contributed by atoms with Gasteiger partial charge in [0.2, 0.25) is 0 Å². The number of piperidine rings is 1. The molecule has 1 aliphatic heterocycles. The first-order chi connectivity index (χ1) is 9.76. The zero-order chi connectivity index (χ0) is 14.4. The number of nitrogens with zero attached hydrogens (tertiary/aromatic N) is 1. The lowest BCUT2D eigenvalue weighted by molar-refractivity contribution is -0.125. The van der Waals surface area contributed by atoms with Crippen LogP contribution in [0.1, 0.15) is 19.3 Å². The molecule has 1 amide bonds. The van der Waals surface area contributed by atoms with Gasteiger partial charge in [-0.3, -0.25) is 4.79 Å². The molecule has 1 heterocycles. The summed E-state index contributed by atoms with van der Waals surface area (Å²) >= 11 is 0. The molecule has 3 N–H and O–H groups in total. The van der Waals surface area contributed by atoms with E-state index >= 15 is 0 Å². The lowest BCUT2D eigenvalue weighted by atomic mass is 10.1. The zero-order valence-electron chi connectivity index (χ0n) is 12.0. The van der Waals surface area contributed by atoms with Gasteiger partial charge in [-0.1, -0.05) is 12.1 Å². The van der Waals surface area contributed by atoms with E-state index in [9.17, 15) is 4.79 Å². The normalized spacial score (nSPS) is 16.8. The maximum Gasteiger partial charge on any atom is 0.254 e. The van der Waals surface area contributed by atoms with E-state index in [4.69, 9.17) is 10.5 Å². The highest BCUT2D eigenvalue weighted by atomic mass is 16.5. The Bertz CT molecular complexity index is 440.